The Morgan fingerprint density at radius 2 is 1.68 bits per heavy atom. The van der Waals surface area contributed by atoms with Gasteiger partial charge in [0.25, 0.3) is 11.8 Å². The van der Waals surface area contributed by atoms with Gasteiger partial charge in [-0.05, 0) is 49.2 Å². The fourth-order valence-corrected chi connectivity index (χ4v) is 5.09. The van der Waals surface area contributed by atoms with Gasteiger partial charge >= 0.3 is 0 Å². The lowest BCUT2D eigenvalue weighted by Crippen LogP contribution is -2.50. The van der Waals surface area contributed by atoms with E-state index in [-0.39, 0.29) is 24.2 Å². The predicted molar refractivity (Wildman–Crippen MR) is 142 cm³/mol. The van der Waals surface area contributed by atoms with Crippen LogP contribution in [0.5, 0.6) is 0 Å². The molecule has 0 bridgehead atoms. The number of nitrogens with zero attached hydrogens (tertiary/aromatic N) is 5. The van der Waals surface area contributed by atoms with Gasteiger partial charge in [-0.2, -0.15) is 5.10 Å². The minimum atomic E-state index is -0.369. The SMILES string of the molecule is NCc1cc(-c2cc(Cl)c3ccc(C(=O)N4CCN(C(=O)c5cnn(C6CC6)c5)CC4)cc3n2)ccc1F. The average molecular weight is 533 g/mol. The zero-order valence-electron chi connectivity index (χ0n) is 20.6. The predicted octanol–water partition coefficient (Wildman–Crippen LogP) is 4.28. The Labute approximate surface area is 223 Å². The minimum absolute atomic E-state index is 0.0559. The van der Waals surface area contributed by atoms with Gasteiger partial charge in [-0.15, -0.1) is 0 Å². The van der Waals surface area contributed by atoms with Gasteiger partial charge in [0.15, 0.2) is 0 Å². The summed E-state index contributed by atoms with van der Waals surface area (Å²) in [4.78, 5) is 34.5. The van der Waals surface area contributed by atoms with E-state index in [1.807, 2.05) is 10.9 Å². The van der Waals surface area contributed by atoms with Gasteiger partial charge in [0.1, 0.15) is 5.82 Å². The molecule has 38 heavy (non-hydrogen) atoms. The van der Waals surface area contributed by atoms with Crippen LogP contribution >= 0.6 is 11.6 Å². The third-order valence-corrected chi connectivity index (χ3v) is 7.50. The normalized spacial score (nSPS) is 15.8. The number of nitrogens with two attached hydrogens (primary N) is 1. The van der Waals surface area contributed by atoms with Crippen LogP contribution in [0, 0.1) is 5.82 Å². The minimum Gasteiger partial charge on any atom is -0.335 e. The van der Waals surface area contributed by atoms with Gasteiger partial charge < -0.3 is 15.5 Å². The molecular formula is C28H26ClFN6O2. The summed E-state index contributed by atoms with van der Waals surface area (Å²) in [6.07, 6.45) is 5.66. The van der Waals surface area contributed by atoms with Gasteiger partial charge in [-0.1, -0.05) is 17.7 Å². The molecule has 2 aromatic carbocycles. The first-order valence-electron chi connectivity index (χ1n) is 12.6. The fraction of sp³-hybridized carbons (Fsp3) is 0.286. The van der Waals surface area contributed by atoms with Crippen LogP contribution in [0.2, 0.25) is 5.02 Å². The Hall–Kier alpha value is -3.82. The van der Waals surface area contributed by atoms with Crippen LogP contribution in [0.3, 0.4) is 0 Å². The van der Waals surface area contributed by atoms with Crippen LogP contribution in [0.4, 0.5) is 4.39 Å². The lowest BCUT2D eigenvalue weighted by Gasteiger charge is -2.34. The van der Waals surface area contributed by atoms with E-state index in [4.69, 9.17) is 22.3 Å². The number of hydrogen-bond donors (Lipinski definition) is 1. The van der Waals surface area contributed by atoms with Crippen molar-refractivity contribution in [2.75, 3.05) is 26.2 Å². The molecule has 1 aliphatic heterocycles. The van der Waals surface area contributed by atoms with Crippen LogP contribution in [-0.2, 0) is 6.54 Å². The Morgan fingerprint density at radius 3 is 2.37 bits per heavy atom. The summed E-state index contributed by atoms with van der Waals surface area (Å²) < 4.78 is 15.8. The zero-order valence-corrected chi connectivity index (χ0v) is 21.4. The molecule has 2 amide bonds. The largest absolute Gasteiger partial charge is 0.335 e. The van der Waals surface area contributed by atoms with E-state index < -0.39 is 0 Å². The smallest absolute Gasteiger partial charge is 0.257 e. The summed E-state index contributed by atoms with van der Waals surface area (Å²) in [6, 6.07) is 12.1. The number of fused-ring (bicyclic) bond motifs is 1. The maximum atomic E-state index is 13.9. The Balaban J connectivity index is 1.18. The molecule has 0 atom stereocenters. The monoisotopic (exact) mass is 532 g/mol. The molecule has 3 heterocycles. The first-order valence-corrected chi connectivity index (χ1v) is 13.0. The number of carbonyl (C=O) groups is 2. The van der Waals surface area contributed by atoms with Gasteiger partial charge in [0.2, 0.25) is 0 Å². The molecule has 8 nitrogen and oxygen atoms in total. The number of halogens is 2. The summed E-state index contributed by atoms with van der Waals surface area (Å²) >= 11 is 6.54. The summed E-state index contributed by atoms with van der Waals surface area (Å²) in [5, 5.41) is 5.52. The third kappa shape index (κ3) is 4.63. The number of rotatable bonds is 5. The van der Waals surface area contributed by atoms with Gasteiger partial charge in [-0.25, -0.2) is 9.37 Å². The van der Waals surface area contributed by atoms with E-state index in [1.54, 1.807) is 52.4 Å². The molecule has 1 saturated heterocycles. The molecule has 6 rings (SSSR count). The molecule has 1 saturated carbocycles. The van der Waals surface area contributed by atoms with Crippen LogP contribution < -0.4 is 5.73 Å². The molecule has 2 aromatic heterocycles. The Kier molecular flexibility index (Phi) is 6.33. The first-order chi connectivity index (χ1) is 18.4. The lowest BCUT2D eigenvalue weighted by molar-refractivity contribution is 0.0535. The number of aromatic nitrogens is 3. The van der Waals surface area contributed by atoms with Crippen molar-refractivity contribution < 1.29 is 14.0 Å². The molecule has 0 spiro atoms. The van der Waals surface area contributed by atoms with Crippen molar-refractivity contribution in [1.82, 2.24) is 24.6 Å². The molecule has 2 fully saturated rings. The third-order valence-electron chi connectivity index (χ3n) is 7.19. The molecule has 4 aromatic rings. The molecule has 1 aliphatic carbocycles. The van der Waals surface area contributed by atoms with E-state index >= 15 is 0 Å². The summed E-state index contributed by atoms with van der Waals surface area (Å²) in [6.45, 7) is 1.85. The molecule has 10 heteroatoms. The molecule has 0 unspecified atom stereocenters. The average Bonchev–Trinajstić information content (AvgIpc) is 3.68. The first kappa shape index (κ1) is 24.5. The second-order valence-corrected chi connectivity index (χ2v) is 10.2. The Bertz CT molecular complexity index is 1560. The van der Waals surface area contributed by atoms with Gasteiger partial charge in [0.05, 0.1) is 34.0 Å². The maximum absolute atomic E-state index is 13.9. The van der Waals surface area contributed by atoms with E-state index in [0.717, 1.165) is 18.2 Å². The van der Waals surface area contributed by atoms with Crippen LogP contribution in [0.25, 0.3) is 22.2 Å². The number of hydrogen-bond acceptors (Lipinski definition) is 5. The van der Waals surface area contributed by atoms with E-state index in [0.29, 0.717) is 70.7 Å². The molecule has 194 valence electrons. The van der Waals surface area contributed by atoms with E-state index in [9.17, 15) is 14.0 Å². The number of carbonyl (C=O) groups excluding carboxylic acids is 2. The molecule has 2 N–H and O–H groups in total. The van der Waals surface area contributed by atoms with Gasteiger partial charge in [0, 0.05) is 61.0 Å². The highest BCUT2D eigenvalue weighted by Crippen LogP contribution is 2.34. The number of benzene rings is 2. The summed E-state index contributed by atoms with van der Waals surface area (Å²) in [7, 11) is 0. The van der Waals surface area contributed by atoms with E-state index in [2.05, 4.69) is 5.10 Å². The van der Waals surface area contributed by atoms with Gasteiger partial charge in [-0.3, -0.25) is 14.3 Å². The molecule has 0 radical (unpaired) electrons. The van der Waals surface area contributed by atoms with Crippen LogP contribution in [0.1, 0.15) is 45.2 Å². The molecular weight excluding hydrogens is 507 g/mol. The van der Waals surface area contributed by atoms with Crippen molar-refractivity contribution in [2.45, 2.75) is 25.4 Å². The summed E-state index contributed by atoms with van der Waals surface area (Å²) in [5.41, 5.74) is 8.95. The van der Waals surface area contributed by atoms with Crippen molar-refractivity contribution in [3.8, 4) is 11.3 Å². The van der Waals surface area contributed by atoms with Crippen molar-refractivity contribution >= 4 is 34.3 Å². The fourth-order valence-electron chi connectivity index (χ4n) is 4.82. The number of piperazine rings is 1. The van der Waals surface area contributed by atoms with E-state index in [1.165, 1.54) is 6.07 Å². The van der Waals surface area contributed by atoms with Crippen molar-refractivity contribution in [3.63, 3.8) is 0 Å². The Morgan fingerprint density at radius 1 is 0.974 bits per heavy atom. The second-order valence-electron chi connectivity index (χ2n) is 9.76. The highest BCUT2D eigenvalue weighted by Gasteiger charge is 2.29. The number of amides is 2. The highest BCUT2D eigenvalue weighted by molar-refractivity contribution is 6.35. The van der Waals surface area contributed by atoms with Crippen molar-refractivity contribution in [1.29, 1.82) is 0 Å². The number of pyridine rings is 1. The zero-order chi connectivity index (χ0) is 26.4. The second kappa shape index (κ2) is 9.81. The van der Waals surface area contributed by atoms with Crippen molar-refractivity contribution in [2.24, 2.45) is 5.73 Å². The van der Waals surface area contributed by atoms with Crippen LogP contribution in [0.15, 0.2) is 54.9 Å². The lowest BCUT2D eigenvalue weighted by atomic mass is 10.0. The topological polar surface area (TPSA) is 97.4 Å². The maximum Gasteiger partial charge on any atom is 0.257 e. The van der Waals surface area contributed by atoms with Crippen molar-refractivity contribution in [3.05, 3.63) is 82.4 Å². The quantitative estimate of drug-likeness (QED) is 0.414. The standard InChI is InChI=1S/C28H26ClFN6O2/c29-23-13-25(17-2-6-24(30)19(11-17)14-31)33-26-12-18(1-5-22(23)26)27(37)34-7-9-35(10-8-34)28(38)20-15-32-36(16-20)21-3-4-21/h1-2,5-6,11-13,15-16,21H,3-4,7-10,14,31H2. The molecule has 2 aliphatic rings. The highest BCUT2D eigenvalue weighted by atomic mass is 35.5. The summed E-state index contributed by atoms with van der Waals surface area (Å²) in [5.74, 6) is -0.554. The van der Waals surface area contributed by atoms with Crippen LogP contribution in [-0.4, -0.2) is 62.6 Å².